The molecule has 0 bridgehead atoms. The van der Waals surface area contributed by atoms with E-state index >= 15 is 0 Å². The molecule has 1 aromatic heterocycles. The van der Waals surface area contributed by atoms with Crippen molar-refractivity contribution in [3.8, 4) is 0 Å². The number of pyridine rings is 1. The predicted octanol–water partition coefficient (Wildman–Crippen LogP) is 4.06. The van der Waals surface area contributed by atoms with Crippen LogP contribution in [-0.4, -0.2) is 4.98 Å². The molecule has 1 fully saturated rings. The normalized spacial score (nSPS) is 26.8. The molecule has 0 spiro atoms. The summed E-state index contributed by atoms with van der Waals surface area (Å²) in [5.41, 5.74) is 2.98. The van der Waals surface area contributed by atoms with E-state index < -0.39 is 0 Å². The lowest BCUT2D eigenvalue weighted by Gasteiger charge is -2.28. The van der Waals surface area contributed by atoms with Gasteiger partial charge in [-0.2, -0.15) is 0 Å². The second-order valence-electron chi connectivity index (χ2n) is 5.55. The molecular weight excluding hydrogens is 206 g/mol. The Labute approximate surface area is 102 Å². The number of benzene rings is 1. The van der Waals surface area contributed by atoms with Crippen LogP contribution in [0.1, 0.15) is 42.9 Å². The fraction of sp³-hybridized carbons (Fsp3) is 0.438. The van der Waals surface area contributed by atoms with Crippen LogP contribution in [0.2, 0.25) is 0 Å². The zero-order chi connectivity index (χ0) is 11.2. The van der Waals surface area contributed by atoms with Crippen molar-refractivity contribution < 1.29 is 0 Å². The number of nitrogens with zero attached hydrogens (tertiary/aromatic N) is 1. The minimum Gasteiger partial charge on any atom is -0.260 e. The number of hydrogen-bond donors (Lipinski definition) is 0. The first-order chi connectivity index (χ1) is 8.43. The third kappa shape index (κ3) is 1.35. The lowest BCUT2D eigenvalue weighted by Crippen LogP contribution is -2.17. The van der Waals surface area contributed by atoms with Gasteiger partial charge in [0.2, 0.25) is 0 Å². The maximum atomic E-state index is 4.79. The molecule has 0 amide bonds. The quantitative estimate of drug-likeness (QED) is 0.656. The van der Waals surface area contributed by atoms with Gasteiger partial charge in [0.1, 0.15) is 0 Å². The van der Waals surface area contributed by atoms with Gasteiger partial charge in [0.25, 0.3) is 0 Å². The highest BCUT2D eigenvalue weighted by molar-refractivity contribution is 5.85. The van der Waals surface area contributed by atoms with Gasteiger partial charge in [-0.05, 0) is 42.6 Å². The molecule has 2 unspecified atom stereocenters. The summed E-state index contributed by atoms with van der Waals surface area (Å²) in [7, 11) is 0. The summed E-state index contributed by atoms with van der Waals surface area (Å²) in [6.07, 6.45) is 8.90. The van der Waals surface area contributed by atoms with Gasteiger partial charge >= 0.3 is 0 Å². The maximum Gasteiger partial charge on any atom is 0.0475 e. The smallest absolute Gasteiger partial charge is 0.0475 e. The summed E-state index contributed by atoms with van der Waals surface area (Å²) in [6, 6.07) is 8.72. The lowest BCUT2D eigenvalue weighted by molar-refractivity contribution is 0.416. The molecular formula is C16H17N. The summed E-state index contributed by atoms with van der Waals surface area (Å²) in [5.74, 6) is 1.69. The van der Waals surface area contributed by atoms with Crippen molar-refractivity contribution >= 4 is 10.8 Å². The fourth-order valence-corrected chi connectivity index (χ4v) is 3.89. The van der Waals surface area contributed by atoms with E-state index in [2.05, 4.69) is 30.5 Å². The molecule has 4 rings (SSSR count). The van der Waals surface area contributed by atoms with E-state index in [1.807, 2.05) is 0 Å². The van der Waals surface area contributed by atoms with E-state index in [9.17, 15) is 0 Å². The Balaban J connectivity index is 1.97. The second-order valence-corrected chi connectivity index (χ2v) is 5.55. The Morgan fingerprint density at radius 1 is 1.06 bits per heavy atom. The molecule has 1 nitrogen and oxygen atoms in total. The average molecular weight is 223 g/mol. The van der Waals surface area contributed by atoms with Gasteiger partial charge in [0.05, 0.1) is 0 Å². The van der Waals surface area contributed by atoms with Crippen molar-refractivity contribution in [2.45, 2.75) is 38.0 Å². The van der Waals surface area contributed by atoms with Crippen LogP contribution in [0.3, 0.4) is 0 Å². The first kappa shape index (κ1) is 9.64. The van der Waals surface area contributed by atoms with E-state index in [4.69, 9.17) is 4.98 Å². The van der Waals surface area contributed by atoms with E-state index in [0.29, 0.717) is 0 Å². The highest BCUT2D eigenvalue weighted by Gasteiger charge is 2.34. The summed E-state index contributed by atoms with van der Waals surface area (Å²) >= 11 is 0. The molecule has 2 aromatic rings. The SMILES string of the molecule is c1ccc2c3c(ncc2c1)C1CCCC1CC3. The Hall–Kier alpha value is -1.37. The van der Waals surface area contributed by atoms with Crippen LogP contribution in [0.25, 0.3) is 10.8 Å². The molecule has 2 aliphatic rings. The molecule has 86 valence electrons. The molecule has 0 aliphatic heterocycles. The number of aromatic nitrogens is 1. The number of hydrogen-bond acceptors (Lipinski definition) is 1. The molecule has 0 radical (unpaired) electrons. The van der Waals surface area contributed by atoms with Crippen LogP contribution in [0, 0.1) is 5.92 Å². The molecule has 2 atom stereocenters. The third-order valence-electron chi connectivity index (χ3n) is 4.71. The van der Waals surface area contributed by atoms with Crippen LogP contribution >= 0.6 is 0 Å². The van der Waals surface area contributed by atoms with Crippen molar-refractivity contribution in [3.05, 3.63) is 41.7 Å². The minimum atomic E-state index is 0.767. The topological polar surface area (TPSA) is 12.9 Å². The Kier molecular flexibility index (Phi) is 2.02. The summed E-state index contributed by atoms with van der Waals surface area (Å²) in [6.45, 7) is 0. The molecule has 1 saturated carbocycles. The van der Waals surface area contributed by atoms with Gasteiger partial charge in [-0.15, -0.1) is 0 Å². The van der Waals surface area contributed by atoms with Crippen molar-refractivity contribution in [1.82, 2.24) is 4.98 Å². The van der Waals surface area contributed by atoms with Crippen LogP contribution in [-0.2, 0) is 6.42 Å². The Bertz CT molecular complexity index is 573. The Morgan fingerprint density at radius 2 is 2.00 bits per heavy atom. The second kappa shape index (κ2) is 3.56. The van der Waals surface area contributed by atoms with Gasteiger partial charge in [0, 0.05) is 23.2 Å². The van der Waals surface area contributed by atoms with Crippen molar-refractivity contribution in [1.29, 1.82) is 0 Å². The zero-order valence-electron chi connectivity index (χ0n) is 10.0. The molecule has 0 saturated heterocycles. The maximum absolute atomic E-state index is 4.79. The first-order valence-electron chi connectivity index (χ1n) is 6.80. The lowest BCUT2D eigenvalue weighted by atomic mass is 9.78. The van der Waals surface area contributed by atoms with Gasteiger partial charge in [-0.25, -0.2) is 0 Å². The van der Waals surface area contributed by atoms with Crippen molar-refractivity contribution in [3.63, 3.8) is 0 Å². The molecule has 1 heteroatoms. The number of rotatable bonds is 0. The van der Waals surface area contributed by atoms with E-state index in [1.165, 1.54) is 48.6 Å². The highest BCUT2D eigenvalue weighted by Crippen LogP contribution is 2.47. The first-order valence-corrected chi connectivity index (χ1v) is 6.80. The van der Waals surface area contributed by atoms with Crippen LogP contribution in [0.15, 0.2) is 30.5 Å². The fourth-order valence-electron chi connectivity index (χ4n) is 3.89. The number of fused-ring (bicyclic) bond motifs is 5. The van der Waals surface area contributed by atoms with E-state index in [0.717, 1.165) is 11.8 Å². The highest BCUT2D eigenvalue weighted by atomic mass is 14.7. The monoisotopic (exact) mass is 223 g/mol. The molecule has 17 heavy (non-hydrogen) atoms. The summed E-state index contributed by atoms with van der Waals surface area (Å²) < 4.78 is 0. The third-order valence-corrected chi connectivity index (χ3v) is 4.71. The molecule has 1 heterocycles. The number of aryl methyl sites for hydroxylation is 1. The molecule has 2 aliphatic carbocycles. The predicted molar refractivity (Wildman–Crippen MR) is 70.1 cm³/mol. The zero-order valence-corrected chi connectivity index (χ0v) is 10.0. The average Bonchev–Trinajstić information content (AvgIpc) is 2.86. The van der Waals surface area contributed by atoms with E-state index in [-0.39, 0.29) is 0 Å². The Morgan fingerprint density at radius 3 is 3.00 bits per heavy atom. The standard InChI is InChI=1S/C16H17N/c1-2-6-13-12(4-1)10-17-16-14-7-3-5-11(14)8-9-15(13)16/h1-2,4,6,10-11,14H,3,5,7-9H2. The van der Waals surface area contributed by atoms with Gasteiger partial charge in [-0.1, -0.05) is 30.7 Å². The van der Waals surface area contributed by atoms with Crippen LogP contribution in [0.4, 0.5) is 0 Å². The van der Waals surface area contributed by atoms with Gasteiger partial charge < -0.3 is 0 Å². The van der Waals surface area contributed by atoms with Gasteiger partial charge in [-0.3, -0.25) is 4.98 Å². The molecule has 0 N–H and O–H groups in total. The van der Waals surface area contributed by atoms with E-state index in [1.54, 1.807) is 5.56 Å². The van der Waals surface area contributed by atoms with Crippen LogP contribution in [0.5, 0.6) is 0 Å². The molecule has 1 aromatic carbocycles. The summed E-state index contributed by atoms with van der Waals surface area (Å²) in [5, 5.41) is 2.76. The van der Waals surface area contributed by atoms with Crippen molar-refractivity contribution in [2.24, 2.45) is 5.92 Å². The largest absolute Gasteiger partial charge is 0.260 e. The van der Waals surface area contributed by atoms with Crippen molar-refractivity contribution in [2.75, 3.05) is 0 Å². The summed E-state index contributed by atoms with van der Waals surface area (Å²) in [4.78, 5) is 4.79. The minimum absolute atomic E-state index is 0.767. The van der Waals surface area contributed by atoms with Crippen LogP contribution < -0.4 is 0 Å². The van der Waals surface area contributed by atoms with Gasteiger partial charge in [0.15, 0.2) is 0 Å².